The van der Waals surface area contributed by atoms with Crippen molar-refractivity contribution in [3.05, 3.63) is 61.3 Å². The Hall–Kier alpha value is -2.16. The number of amides is 1. The van der Waals surface area contributed by atoms with Crippen molar-refractivity contribution in [2.45, 2.75) is 46.1 Å². The van der Waals surface area contributed by atoms with Gasteiger partial charge < -0.3 is 15.1 Å². The van der Waals surface area contributed by atoms with Gasteiger partial charge in [0, 0.05) is 36.9 Å². The third-order valence-corrected chi connectivity index (χ3v) is 5.06. The van der Waals surface area contributed by atoms with Gasteiger partial charge in [0.05, 0.1) is 0 Å². The summed E-state index contributed by atoms with van der Waals surface area (Å²) in [6.07, 6.45) is 1.99. The van der Waals surface area contributed by atoms with Gasteiger partial charge in [-0.15, -0.1) is 24.8 Å². The van der Waals surface area contributed by atoms with E-state index in [0.29, 0.717) is 17.0 Å². The Bertz CT molecular complexity index is 997. The molecule has 1 saturated heterocycles. The zero-order valence-electron chi connectivity index (χ0n) is 17.3. The van der Waals surface area contributed by atoms with Crippen molar-refractivity contribution in [1.29, 1.82) is 0 Å². The van der Waals surface area contributed by atoms with Crippen LogP contribution in [-0.4, -0.2) is 35.1 Å². The van der Waals surface area contributed by atoms with E-state index in [4.69, 9.17) is 4.42 Å². The molecule has 0 bridgehead atoms. The topological polar surface area (TPSA) is 106 Å². The SMILES string of the molecule is Cc1cc(C)n(CCNC(=O)c2c(C)cc(C3CCCNC3)oc2=O)c(=O)n1.Cl.Cl. The van der Waals surface area contributed by atoms with E-state index in [9.17, 15) is 14.4 Å². The van der Waals surface area contributed by atoms with Crippen LogP contribution < -0.4 is 21.9 Å². The fraction of sp³-hybridized carbons (Fsp3) is 0.500. The first kappa shape index (κ1) is 25.9. The molecule has 0 saturated carbocycles. The lowest BCUT2D eigenvalue weighted by Gasteiger charge is -2.22. The minimum Gasteiger partial charge on any atom is -0.427 e. The first-order valence-corrected chi connectivity index (χ1v) is 9.55. The average Bonchev–Trinajstić information content (AvgIpc) is 2.64. The fourth-order valence-electron chi connectivity index (χ4n) is 3.62. The molecule has 0 aliphatic carbocycles. The van der Waals surface area contributed by atoms with Crippen LogP contribution in [0.25, 0.3) is 0 Å². The molecule has 10 heteroatoms. The number of hydrogen-bond acceptors (Lipinski definition) is 6. The highest BCUT2D eigenvalue weighted by Gasteiger charge is 2.22. The summed E-state index contributed by atoms with van der Waals surface area (Å²) in [5, 5.41) is 5.99. The van der Waals surface area contributed by atoms with Gasteiger partial charge in [-0.3, -0.25) is 9.36 Å². The van der Waals surface area contributed by atoms with Crippen LogP contribution >= 0.6 is 24.8 Å². The van der Waals surface area contributed by atoms with Crippen LogP contribution in [0.15, 0.2) is 26.1 Å². The van der Waals surface area contributed by atoms with Gasteiger partial charge in [-0.2, -0.15) is 4.98 Å². The number of nitrogens with zero attached hydrogens (tertiary/aromatic N) is 2. The highest BCUT2D eigenvalue weighted by Crippen LogP contribution is 2.23. The lowest BCUT2D eigenvalue weighted by Crippen LogP contribution is -2.35. The van der Waals surface area contributed by atoms with Crippen molar-refractivity contribution in [1.82, 2.24) is 20.2 Å². The number of nitrogens with one attached hydrogen (secondary N) is 2. The van der Waals surface area contributed by atoms with Crippen LogP contribution in [0.3, 0.4) is 0 Å². The van der Waals surface area contributed by atoms with Crippen molar-refractivity contribution < 1.29 is 9.21 Å². The zero-order valence-corrected chi connectivity index (χ0v) is 19.0. The molecule has 3 heterocycles. The van der Waals surface area contributed by atoms with Gasteiger partial charge >= 0.3 is 11.3 Å². The summed E-state index contributed by atoms with van der Waals surface area (Å²) in [5.74, 6) is 0.283. The maximum absolute atomic E-state index is 12.5. The Morgan fingerprint density at radius 3 is 2.60 bits per heavy atom. The summed E-state index contributed by atoms with van der Waals surface area (Å²) in [6, 6.07) is 3.59. The quantitative estimate of drug-likeness (QED) is 0.707. The Balaban J connectivity index is 0.00000225. The van der Waals surface area contributed by atoms with Crippen LogP contribution in [0.1, 0.15) is 51.8 Å². The highest BCUT2D eigenvalue weighted by atomic mass is 35.5. The molecule has 0 radical (unpaired) electrons. The van der Waals surface area contributed by atoms with E-state index in [1.165, 1.54) is 4.57 Å². The smallest absolute Gasteiger partial charge is 0.349 e. The molecular formula is C20H28Cl2N4O4. The molecule has 8 nitrogen and oxygen atoms in total. The Kier molecular flexibility index (Phi) is 9.74. The molecular weight excluding hydrogens is 431 g/mol. The minimum absolute atomic E-state index is 0. The molecule has 3 rings (SSSR count). The summed E-state index contributed by atoms with van der Waals surface area (Å²) in [6.45, 7) is 7.54. The zero-order chi connectivity index (χ0) is 20.3. The Labute approximate surface area is 187 Å². The summed E-state index contributed by atoms with van der Waals surface area (Å²) >= 11 is 0. The molecule has 2 N–H and O–H groups in total. The summed E-state index contributed by atoms with van der Waals surface area (Å²) < 4.78 is 6.93. The molecule has 1 amide bonds. The monoisotopic (exact) mass is 458 g/mol. The molecule has 2 aromatic rings. The van der Waals surface area contributed by atoms with Crippen molar-refractivity contribution in [3.8, 4) is 0 Å². The molecule has 30 heavy (non-hydrogen) atoms. The van der Waals surface area contributed by atoms with Crippen molar-refractivity contribution in [2.24, 2.45) is 0 Å². The van der Waals surface area contributed by atoms with Gasteiger partial charge in [0.25, 0.3) is 5.91 Å². The van der Waals surface area contributed by atoms with E-state index < -0.39 is 11.5 Å². The van der Waals surface area contributed by atoms with Crippen LogP contribution in [-0.2, 0) is 6.54 Å². The number of halogens is 2. The standard InChI is InChI=1S/C20H26N4O4.2ClH/c1-12-9-16(15-5-4-6-21-11-15)28-19(26)17(12)18(25)22-7-8-24-14(3)10-13(2)23-20(24)27;;/h9-10,15,21H,4-8,11H2,1-3H3,(H,22,25);2*1H. The van der Waals surface area contributed by atoms with E-state index in [1.54, 1.807) is 26.0 Å². The summed E-state index contributed by atoms with van der Waals surface area (Å²) in [5.41, 5.74) is 1.06. The highest BCUT2D eigenvalue weighted by molar-refractivity contribution is 5.95. The van der Waals surface area contributed by atoms with Crippen LogP contribution in [0.2, 0.25) is 0 Å². The fourth-order valence-corrected chi connectivity index (χ4v) is 3.62. The first-order chi connectivity index (χ1) is 13.4. The number of hydrogen-bond donors (Lipinski definition) is 2. The molecule has 1 unspecified atom stereocenters. The number of aromatic nitrogens is 2. The lowest BCUT2D eigenvalue weighted by molar-refractivity contribution is 0.0946. The normalized spacial score (nSPS) is 15.6. The molecule has 1 aliphatic heterocycles. The third kappa shape index (κ3) is 5.93. The van der Waals surface area contributed by atoms with Gasteiger partial charge in [0.15, 0.2) is 0 Å². The van der Waals surface area contributed by atoms with Crippen LogP contribution in [0.5, 0.6) is 0 Å². The predicted octanol–water partition coefficient (Wildman–Crippen LogP) is 1.86. The van der Waals surface area contributed by atoms with E-state index in [0.717, 1.165) is 31.6 Å². The molecule has 1 atom stereocenters. The van der Waals surface area contributed by atoms with Gasteiger partial charge in [-0.05, 0) is 57.9 Å². The Morgan fingerprint density at radius 1 is 1.27 bits per heavy atom. The summed E-state index contributed by atoms with van der Waals surface area (Å²) in [4.78, 5) is 40.8. The van der Waals surface area contributed by atoms with E-state index in [1.807, 2.05) is 6.92 Å². The molecule has 1 fully saturated rings. The van der Waals surface area contributed by atoms with Gasteiger partial charge in [-0.1, -0.05) is 0 Å². The van der Waals surface area contributed by atoms with Gasteiger partial charge in [0.1, 0.15) is 11.3 Å². The molecule has 0 aromatic carbocycles. The van der Waals surface area contributed by atoms with Crippen molar-refractivity contribution in [2.75, 3.05) is 19.6 Å². The number of rotatable bonds is 5. The Morgan fingerprint density at radius 2 is 2.00 bits per heavy atom. The lowest BCUT2D eigenvalue weighted by atomic mass is 9.95. The first-order valence-electron chi connectivity index (χ1n) is 9.55. The van der Waals surface area contributed by atoms with Crippen molar-refractivity contribution >= 4 is 30.7 Å². The second kappa shape index (κ2) is 11.3. The minimum atomic E-state index is -0.622. The second-order valence-electron chi connectivity index (χ2n) is 7.27. The van der Waals surface area contributed by atoms with E-state index in [-0.39, 0.29) is 55.1 Å². The number of piperidine rings is 1. The molecule has 166 valence electrons. The third-order valence-electron chi connectivity index (χ3n) is 5.06. The van der Waals surface area contributed by atoms with Crippen LogP contribution in [0.4, 0.5) is 0 Å². The molecule has 0 spiro atoms. The largest absolute Gasteiger partial charge is 0.427 e. The molecule has 2 aromatic heterocycles. The number of aryl methyl sites for hydroxylation is 3. The number of carbonyl (C=O) groups excluding carboxylic acids is 1. The van der Waals surface area contributed by atoms with Crippen molar-refractivity contribution in [3.63, 3.8) is 0 Å². The molecule has 1 aliphatic rings. The summed E-state index contributed by atoms with van der Waals surface area (Å²) in [7, 11) is 0. The van der Waals surface area contributed by atoms with Gasteiger partial charge in [-0.25, -0.2) is 9.59 Å². The van der Waals surface area contributed by atoms with E-state index >= 15 is 0 Å². The van der Waals surface area contributed by atoms with Gasteiger partial charge in [0.2, 0.25) is 0 Å². The second-order valence-corrected chi connectivity index (χ2v) is 7.27. The van der Waals surface area contributed by atoms with E-state index in [2.05, 4.69) is 15.6 Å². The number of carbonyl (C=O) groups is 1. The maximum Gasteiger partial charge on any atom is 0.349 e. The maximum atomic E-state index is 12.5. The predicted molar refractivity (Wildman–Crippen MR) is 119 cm³/mol. The van der Waals surface area contributed by atoms with Crippen LogP contribution in [0, 0.1) is 20.8 Å². The average molecular weight is 459 g/mol.